The van der Waals surface area contributed by atoms with E-state index in [9.17, 15) is 0 Å². The summed E-state index contributed by atoms with van der Waals surface area (Å²) >= 11 is 3.57. The summed E-state index contributed by atoms with van der Waals surface area (Å²) in [7, 11) is 0. The predicted octanol–water partition coefficient (Wildman–Crippen LogP) is 4.72. The molecule has 0 aliphatic heterocycles. The Labute approximate surface area is 114 Å². The zero-order chi connectivity index (χ0) is 12.7. The van der Waals surface area contributed by atoms with E-state index in [0.29, 0.717) is 12.0 Å². The van der Waals surface area contributed by atoms with Crippen LogP contribution in [-0.2, 0) is 0 Å². The molecule has 0 saturated heterocycles. The van der Waals surface area contributed by atoms with E-state index in [1.165, 1.54) is 29.3 Å². The fourth-order valence-electron chi connectivity index (χ4n) is 2.51. The molecule has 0 aliphatic rings. The van der Waals surface area contributed by atoms with Crippen molar-refractivity contribution < 1.29 is 0 Å². The summed E-state index contributed by atoms with van der Waals surface area (Å²) in [5.74, 6) is 0.618. The highest BCUT2D eigenvalue weighted by Crippen LogP contribution is 2.27. The molecule has 0 saturated carbocycles. The molecule has 2 unspecified atom stereocenters. The number of rotatable bonds is 7. The molecule has 1 aromatic carbocycles. The molecule has 1 aromatic rings. The molecule has 2 heteroatoms. The molecule has 0 spiro atoms. The van der Waals surface area contributed by atoms with E-state index in [1.807, 2.05) is 0 Å². The summed E-state index contributed by atoms with van der Waals surface area (Å²) in [5, 5.41) is 3.64. The summed E-state index contributed by atoms with van der Waals surface area (Å²) in [5.41, 5.74) is 1.45. The summed E-state index contributed by atoms with van der Waals surface area (Å²) in [6, 6.07) is 9.34. The Hall–Kier alpha value is -0.340. The lowest BCUT2D eigenvalue weighted by atomic mass is 9.87. The first kappa shape index (κ1) is 14.7. The first-order valence-corrected chi connectivity index (χ1v) is 7.51. The summed E-state index contributed by atoms with van der Waals surface area (Å²) in [6.45, 7) is 7.79. The molecular formula is C15H24BrN. The van der Waals surface area contributed by atoms with E-state index >= 15 is 0 Å². The van der Waals surface area contributed by atoms with E-state index in [0.717, 1.165) is 6.54 Å². The van der Waals surface area contributed by atoms with Crippen LogP contribution in [0.5, 0.6) is 0 Å². The van der Waals surface area contributed by atoms with Gasteiger partial charge in [0.15, 0.2) is 0 Å². The Morgan fingerprint density at radius 3 is 2.53 bits per heavy atom. The van der Waals surface area contributed by atoms with Crippen molar-refractivity contribution in [1.29, 1.82) is 0 Å². The fourth-order valence-corrected chi connectivity index (χ4v) is 2.93. The molecule has 0 aromatic heterocycles. The lowest BCUT2D eigenvalue weighted by molar-refractivity contribution is 0.404. The molecule has 1 rings (SSSR count). The quantitative estimate of drug-likeness (QED) is 0.768. The van der Waals surface area contributed by atoms with Gasteiger partial charge in [0.1, 0.15) is 0 Å². The van der Waals surface area contributed by atoms with Crippen LogP contribution in [0, 0.1) is 0 Å². The average molecular weight is 298 g/mol. The average Bonchev–Trinajstić information content (AvgIpc) is 2.31. The molecule has 0 heterocycles. The van der Waals surface area contributed by atoms with Gasteiger partial charge in [0.25, 0.3) is 0 Å². The van der Waals surface area contributed by atoms with Crippen LogP contribution in [0.15, 0.2) is 28.7 Å². The third-order valence-electron chi connectivity index (χ3n) is 3.27. The third kappa shape index (κ3) is 4.44. The van der Waals surface area contributed by atoms with Crippen molar-refractivity contribution in [2.45, 2.75) is 52.0 Å². The van der Waals surface area contributed by atoms with Crippen molar-refractivity contribution in [3.05, 3.63) is 34.3 Å². The summed E-state index contributed by atoms with van der Waals surface area (Å²) in [4.78, 5) is 0. The second kappa shape index (κ2) is 7.88. The predicted molar refractivity (Wildman–Crippen MR) is 79.5 cm³/mol. The minimum Gasteiger partial charge on any atom is -0.314 e. The molecule has 0 radical (unpaired) electrons. The second-order valence-corrected chi connectivity index (χ2v) is 5.44. The highest BCUT2D eigenvalue weighted by atomic mass is 79.9. The van der Waals surface area contributed by atoms with Gasteiger partial charge in [0.05, 0.1) is 0 Å². The van der Waals surface area contributed by atoms with Gasteiger partial charge in [-0.1, -0.05) is 55.3 Å². The van der Waals surface area contributed by atoms with Gasteiger partial charge in [-0.25, -0.2) is 0 Å². The van der Waals surface area contributed by atoms with Crippen LogP contribution < -0.4 is 5.32 Å². The van der Waals surface area contributed by atoms with Gasteiger partial charge in [0, 0.05) is 10.5 Å². The van der Waals surface area contributed by atoms with Crippen molar-refractivity contribution in [3.8, 4) is 0 Å². The topological polar surface area (TPSA) is 12.0 Å². The van der Waals surface area contributed by atoms with Crippen LogP contribution >= 0.6 is 15.9 Å². The van der Waals surface area contributed by atoms with E-state index in [1.54, 1.807) is 0 Å². The Morgan fingerprint density at radius 2 is 2.00 bits per heavy atom. The molecular weight excluding hydrogens is 274 g/mol. The fraction of sp³-hybridized carbons (Fsp3) is 0.600. The number of hydrogen-bond acceptors (Lipinski definition) is 1. The first-order valence-electron chi connectivity index (χ1n) is 6.71. The van der Waals surface area contributed by atoms with Gasteiger partial charge in [-0.3, -0.25) is 0 Å². The van der Waals surface area contributed by atoms with Crippen molar-refractivity contribution in [1.82, 2.24) is 5.32 Å². The molecule has 1 N–H and O–H groups in total. The molecule has 0 amide bonds. The maximum absolute atomic E-state index is 3.64. The summed E-state index contributed by atoms with van der Waals surface area (Å²) in [6.07, 6.45) is 3.68. The Balaban J connectivity index is 2.87. The van der Waals surface area contributed by atoms with Crippen LogP contribution in [0.2, 0.25) is 0 Å². The summed E-state index contributed by atoms with van der Waals surface area (Å²) < 4.78 is 1.18. The van der Waals surface area contributed by atoms with Gasteiger partial charge in [0.2, 0.25) is 0 Å². The largest absolute Gasteiger partial charge is 0.314 e. The van der Waals surface area contributed by atoms with Crippen LogP contribution in [0.1, 0.15) is 51.5 Å². The number of halogens is 1. The molecule has 0 aliphatic carbocycles. The Bertz CT molecular complexity index is 318. The normalized spacial score (nSPS) is 14.6. The highest BCUT2D eigenvalue weighted by Gasteiger charge is 2.20. The second-order valence-electron chi connectivity index (χ2n) is 4.52. The van der Waals surface area contributed by atoms with Crippen molar-refractivity contribution in [2.24, 2.45) is 0 Å². The zero-order valence-electron chi connectivity index (χ0n) is 11.2. The molecule has 96 valence electrons. The number of likely N-dealkylation sites (N-methyl/N-ethyl adjacent to an activating group) is 1. The Morgan fingerprint density at radius 1 is 1.24 bits per heavy atom. The maximum atomic E-state index is 3.64. The van der Waals surface area contributed by atoms with Gasteiger partial charge in [-0.15, -0.1) is 0 Å². The minimum absolute atomic E-state index is 0.601. The smallest absolute Gasteiger partial charge is 0.0178 e. The minimum atomic E-state index is 0.601. The van der Waals surface area contributed by atoms with E-state index in [2.05, 4.69) is 66.3 Å². The van der Waals surface area contributed by atoms with Crippen molar-refractivity contribution in [3.63, 3.8) is 0 Å². The standard InChI is InChI=1S/C15H24BrN/c1-4-8-15(17-6-3)14(5-2)12-9-7-10-13(16)11-12/h7,9-11,14-15,17H,4-6,8H2,1-3H3. The van der Waals surface area contributed by atoms with E-state index in [-0.39, 0.29) is 0 Å². The van der Waals surface area contributed by atoms with Crippen LogP contribution in [0.4, 0.5) is 0 Å². The van der Waals surface area contributed by atoms with Gasteiger partial charge in [-0.2, -0.15) is 0 Å². The van der Waals surface area contributed by atoms with Gasteiger partial charge < -0.3 is 5.32 Å². The maximum Gasteiger partial charge on any atom is 0.0178 e. The van der Waals surface area contributed by atoms with Crippen LogP contribution in [-0.4, -0.2) is 12.6 Å². The SMILES string of the molecule is CCCC(NCC)C(CC)c1cccc(Br)c1. The van der Waals surface area contributed by atoms with E-state index < -0.39 is 0 Å². The third-order valence-corrected chi connectivity index (χ3v) is 3.76. The Kier molecular flexibility index (Phi) is 6.83. The monoisotopic (exact) mass is 297 g/mol. The van der Waals surface area contributed by atoms with E-state index in [4.69, 9.17) is 0 Å². The van der Waals surface area contributed by atoms with Crippen molar-refractivity contribution >= 4 is 15.9 Å². The first-order chi connectivity index (χ1) is 8.22. The lowest BCUT2D eigenvalue weighted by Gasteiger charge is -2.27. The highest BCUT2D eigenvalue weighted by molar-refractivity contribution is 9.10. The molecule has 2 atom stereocenters. The van der Waals surface area contributed by atoms with Gasteiger partial charge in [-0.05, 0) is 43.0 Å². The van der Waals surface area contributed by atoms with Crippen molar-refractivity contribution in [2.75, 3.05) is 6.54 Å². The molecule has 0 bridgehead atoms. The molecule has 0 fully saturated rings. The number of hydrogen-bond donors (Lipinski definition) is 1. The number of benzene rings is 1. The van der Waals surface area contributed by atoms with Crippen LogP contribution in [0.25, 0.3) is 0 Å². The number of nitrogens with one attached hydrogen (secondary N) is 1. The lowest BCUT2D eigenvalue weighted by Crippen LogP contribution is -2.34. The molecule has 1 nitrogen and oxygen atoms in total. The molecule has 17 heavy (non-hydrogen) atoms. The van der Waals surface area contributed by atoms with Gasteiger partial charge >= 0.3 is 0 Å². The van der Waals surface area contributed by atoms with Crippen LogP contribution in [0.3, 0.4) is 0 Å². The zero-order valence-corrected chi connectivity index (χ0v) is 12.8.